The molecule has 1 aliphatic heterocycles. The molecule has 9 nitrogen and oxygen atoms in total. The predicted octanol–water partition coefficient (Wildman–Crippen LogP) is 5.18. The number of nitrogens with zero attached hydrogens (tertiary/aromatic N) is 2. The van der Waals surface area contributed by atoms with E-state index in [1.54, 1.807) is 39.2 Å². The zero-order valence-electron chi connectivity index (χ0n) is 26.0. The van der Waals surface area contributed by atoms with Gasteiger partial charge in [-0.25, -0.2) is 9.79 Å². The van der Waals surface area contributed by atoms with Crippen molar-refractivity contribution in [2.24, 2.45) is 4.99 Å². The largest absolute Gasteiger partial charge is 0.493 e. The van der Waals surface area contributed by atoms with Gasteiger partial charge in [0.2, 0.25) is 0 Å². The van der Waals surface area contributed by atoms with Crippen molar-refractivity contribution >= 4 is 23.4 Å². The van der Waals surface area contributed by atoms with Crippen molar-refractivity contribution in [2.75, 3.05) is 26.9 Å². The van der Waals surface area contributed by atoms with Gasteiger partial charge in [-0.15, -0.1) is 0 Å². The fourth-order valence-electron chi connectivity index (χ4n) is 5.18. The third kappa shape index (κ3) is 6.66. The van der Waals surface area contributed by atoms with Gasteiger partial charge in [-0.1, -0.05) is 59.9 Å². The quantitative estimate of drug-likeness (QED) is 0.200. The van der Waals surface area contributed by atoms with Crippen LogP contribution < -0.4 is 33.8 Å². The molecular weight excluding hydrogens is 592 g/mol. The number of fused-ring (bicyclic) bond motifs is 1. The summed E-state index contributed by atoms with van der Waals surface area (Å²) in [7, 11) is 1.55. The molecule has 10 heteroatoms. The van der Waals surface area contributed by atoms with Crippen LogP contribution in [0.15, 0.2) is 87.8 Å². The van der Waals surface area contributed by atoms with E-state index in [0.29, 0.717) is 63.4 Å². The number of aromatic nitrogens is 1. The van der Waals surface area contributed by atoms with Crippen LogP contribution in [0.3, 0.4) is 0 Å². The highest BCUT2D eigenvalue weighted by atomic mass is 32.1. The lowest BCUT2D eigenvalue weighted by Gasteiger charge is -2.26. The zero-order chi connectivity index (χ0) is 31.9. The fourth-order valence-corrected chi connectivity index (χ4v) is 6.23. The molecule has 234 valence electrons. The summed E-state index contributed by atoms with van der Waals surface area (Å²) in [5.41, 5.74) is 2.83. The van der Waals surface area contributed by atoms with Gasteiger partial charge >= 0.3 is 5.97 Å². The monoisotopic (exact) mass is 628 g/mol. The number of hydrogen-bond acceptors (Lipinski definition) is 9. The molecule has 5 rings (SSSR count). The van der Waals surface area contributed by atoms with Crippen molar-refractivity contribution in [1.82, 2.24) is 4.57 Å². The van der Waals surface area contributed by atoms with Crippen molar-refractivity contribution < 1.29 is 28.5 Å². The van der Waals surface area contributed by atoms with Gasteiger partial charge in [0.05, 0.1) is 42.7 Å². The second kappa shape index (κ2) is 14.3. The molecule has 45 heavy (non-hydrogen) atoms. The summed E-state index contributed by atoms with van der Waals surface area (Å²) in [5.74, 6) is 1.58. The summed E-state index contributed by atoms with van der Waals surface area (Å²) in [6, 6.07) is 20.0. The Bertz CT molecular complexity index is 1890. The number of para-hydroxylation sites is 1. The Balaban J connectivity index is 1.62. The highest BCUT2D eigenvalue weighted by Gasteiger charge is 2.36. The van der Waals surface area contributed by atoms with Gasteiger partial charge in [0.15, 0.2) is 27.8 Å². The molecular formula is C35H36N2O7S. The molecule has 0 amide bonds. The van der Waals surface area contributed by atoms with E-state index in [-0.39, 0.29) is 17.7 Å². The first-order chi connectivity index (χ1) is 21.9. The van der Waals surface area contributed by atoms with Crippen LogP contribution in [0.4, 0.5) is 0 Å². The lowest BCUT2D eigenvalue weighted by Crippen LogP contribution is -2.40. The molecule has 0 N–H and O–H groups in total. The van der Waals surface area contributed by atoms with Crippen LogP contribution in [0.25, 0.3) is 6.08 Å². The van der Waals surface area contributed by atoms with Crippen LogP contribution >= 0.6 is 11.3 Å². The molecule has 2 heterocycles. The molecule has 1 atom stereocenters. The van der Waals surface area contributed by atoms with Gasteiger partial charge in [0.25, 0.3) is 5.56 Å². The van der Waals surface area contributed by atoms with Crippen LogP contribution in [-0.4, -0.2) is 37.5 Å². The molecule has 0 saturated heterocycles. The molecule has 0 bridgehead atoms. The normalized spacial score (nSPS) is 14.4. The van der Waals surface area contributed by atoms with Crippen molar-refractivity contribution in [3.05, 3.63) is 114 Å². The van der Waals surface area contributed by atoms with Crippen LogP contribution in [-0.2, 0) is 16.1 Å². The third-order valence-electron chi connectivity index (χ3n) is 7.13. The molecule has 1 aliphatic rings. The Morgan fingerprint density at radius 2 is 1.69 bits per heavy atom. The van der Waals surface area contributed by atoms with Gasteiger partial charge in [-0.3, -0.25) is 9.36 Å². The summed E-state index contributed by atoms with van der Waals surface area (Å²) in [5, 5.41) is 0. The first-order valence-electron chi connectivity index (χ1n) is 14.8. The average Bonchev–Trinajstić information content (AvgIpc) is 3.34. The van der Waals surface area contributed by atoms with Crippen molar-refractivity contribution in [2.45, 2.75) is 40.3 Å². The number of carbonyl (C=O) groups excluding carboxylic acids is 1. The maximum Gasteiger partial charge on any atom is 0.338 e. The number of allylic oxidation sites excluding steroid dienone is 1. The van der Waals surface area contributed by atoms with Crippen LogP contribution in [0, 0.1) is 0 Å². The van der Waals surface area contributed by atoms with E-state index in [9.17, 15) is 9.59 Å². The van der Waals surface area contributed by atoms with E-state index in [0.717, 1.165) is 11.1 Å². The van der Waals surface area contributed by atoms with Crippen molar-refractivity contribution in [3.8, 4) is 23.0 Å². The van der Waals surface area contributed by atoms with E-state index in [1.807, 2.05) is 68.4 Å². The maximum absolute atomic E-state index is 14.2. The number of rotatable bonds is 12. The third-order valence-corrected chi connectivity index (χ3v) is 8.12. The highest BCUT2D eigenvalue weighted by Crippen LogP contribution is 2.40. The smallest absolute Gasteiger partial charge is 0.338 e. The summed E-state index contributed by atoms with van der Waals surface area (Å²) in [6.07, 6.45) is 1.79. The highest BCUT2D eigenvalue weighted by molar-refractivity contribution is 7.07. The van der Waals surface area contributed by atoms with E-state index in [2.05, 4.69) is 4.99 Å². The van der Waals surface area contributed by atoms with Crippen molar-refractivity contribution in [1.29, 1.82) is 0 Å². The lowest BCUT2D eigenvalue weighted by molar-refractivity contribution is -0.139. The van der Waals surface area contributed by atoms with E-state index in [1.165, 1.54) is 15.9 Å². The number of ether oxygens (including phenoxy) is 5. The Labute approximate surface area is 265 Å². The number of thiazole rings is 1. The number of esters is 1. The zero-order valence-corrected chi connectivity index (χ0v) is 26.8. The van der Waals surface area contributed by atoms with Crippen LogP contribution in [0.2, 0.25) is 0 Å². The molecule has 0 spiro atoms. The summed E-state index contributed by atoms with van der Waals surface area (Å²) in [4.78, 5) is 32.7. The van der Waals surface area contributed by atoms with Gasteiger partial charge < -0.3 is 23.7 Å². The van der Waals surface area contributed by atoms with Gasteiger partial charge in [-0.2, -0.15) is 0 Å². The minimum Gasteiger partial charge on any atom is -0.493 e. The summed E-state index contributed by atoms with van der Waals surface area (Å²) in [6.45, 7) is 8.65. The number of hydrogen-bond donors (Lipinski definition) is 0. The SMILES string of the molecule is CCOC(=O)C1=C(C)N=c2s/c(=C/c3ccc(OCc4ccccc4)c(OCC)c3)c(=O)n2[C@@H]1c1cccc(OC)c1OCC. The Morgan fingerprint density at radius 1 is 0.911 bits per heavy atom. The Morgan fingerprint density at radius 3 is 2.40 bits per heavy atom. The fraction of sp³-hybridized carbons (Fsp3) is 0.286. The minimum absolute atomic E-state index is 0.177. The van der Waals surface area contributed by atoms with E-state index in [4.69, 9.17) is 23.7 Å². The van der Waals surface area contributed by atoms with E-state index >= 15 is 0 Å². The molecule has 0 unspecified atom stereocenters. The molecule has 0 radical (unpaired) electrons. The van der Waals surface area contributed by atoms with Gasteiger partial charge in [0.1, 0.15) is 12.6 Å². The van der Waals surface area contributed by atoms with Gasteiger partial charge in [0, 0.05) is 5.56 Å². The minimum atomic E-state index is -0.841. The Kier molecular flexibility index (Phi) is 10.0. The number of methoxy groups -OCH3 is 1. The first-order valence-corrected chi connectivity index (χ1v) is 15.6. The average molecular weight is 629 g/mol. The Hall–Kier alpha value is -4.83. The van der Waals surface area contributed by atoms with Crippen LogP contribution in [0.1, 0.15) is 50.4 Å². The molecule has 0 saturated carbocycles. The standard InChI is InChI=1S/C35H36N2O7S/c1-6-41-28-19-24(17-18-26(28)44-21-23-13-10-9-11-14-23)20-29-33(38)37-31(25-15-12-16-27(40-5)32(25)42-7-2)30(34(39)43-8-3)22(4)36-35(37)45-29/h9-20,31H,6-8,21H2,1-5H3/b29-20+/t31-/m1/s1. The number of benzene rings is 3. The number of carbonyl (C=O) groups is 1. The summed E-state index contributed by atoms with van der Waals surface area (Å²) < 4.78 is 31.0. The topological polar surface area (TPSA) is 97.6 Å². The molecule has 0 fully saturated rings. The summed E-state index contributed by atoms with van der Waals surface area (Å²) >= 11 is 1.24. The lowest BCUT2D eigenvalue weighted by atomic mass is 9.94. The second-order valence-corrected chi connectivity index (χ2v) is 11.0. The molecule has 3 aromatic carbocycles. The second-order valence-electron chi connectivity index (χ2n) is 10.0. The molecule has 4 aromatic rings. The van der Waals surface area contributed by atoms with Crippen molar-refractivity contribution in [3.63, 3.8) is 0 Å². The van der Waals surface area contributed by atoms with E-state index < -0.39 is 12.0 Å². The van der Waals surface area contributed by atoms with Gasteiger partial charge in [-0.05, 0) is 63.1 Å². The molecule has 0 aliphatic carbocycles. The predicted molar refractivity (Wildman–Crippen MR) is 173 cm³/mol. The maximum atomic E-state index is 14.2. The first kappa shape index (κ1) is 31.6. The van der Waals surface area contributed by atoms with Crippen LogP contribution in [0.5, 0.6) is 23.0 Å². The molecule has 1 aromatic heterocycles.